The average Bonchev–Trinajstić information content (AvgIpc) is 2.80. The summed E-state index contributed by atoms with van der Waals surface area (Å²) in [6.07, 6.45) is 1.04. The Hall–Kier alpha value is -2.34. The zero-order chi connectivity index (χ0) is 19.2. The van der Waals surface area contributed by atoms with Gasteiger partial charge in [0, 0.05) is 0 Å². The van der Waals surface area contributed by atoms with E-state index >= 15 is 0 Å². The molecule has 4 rings (SSSR count). The van der Waals surface area contributed by atoms with Crippen LogP contribution in [-0.2, 0) is 11.9 Å². The molecule has 0 amide bonds. The van der Waals surface area contributed by atoms with Gasteiger partial charge < -0.3 is 0 Å². The molecule has 0 aromatic heterocycles. The summed E-state index contributed by atoms with van der Waals surface area (Å²) in [4.78, 5) is 0. The summed E-state index contributed by atoms with van der Waals surface area (Å²) >= 11 is 4.41. The van der Waals surface area contributed by atoms with Crippen LogP contribution in [0.4, 0.5) is 0 Å². The Morgan fingerprint density at radius 2 is 0.821 bits per heavy atom. The molecule has 0 aliphatic rings. The standard InChI is InChI=1S/C26H25PS/c28-21-23-18-16-22(17-19-23)20-27(24-10-4-1-5-11-24,25-12-6-2-7-13-25)26-14-8-3-9-15-26/h1-19,27-28H,20-21H2. The summed E-state index contributed by atoms with van der Waals surface area (Å²) in [5.74, 6) is 0.777. The SMILES string of the molecule is SCc1ccc(C[PH](c2ccccc2)(c2ccccc2)c2ccccc2)cc1. The quantitative estimate of drug-likeness (QED) is 0.328. The topological polar surface area (TPSA) is 0 Å². The molecule has 0 nitrogen and oxygen atoms in total. The van der Waals surface area contributed by atoms with Gasteiger partial charge in [0.1, 0.15) is 0 Å². The van der Waals surface area contributed by atoms with Gasteiger partial charge >= 0.3 is 174 Å². The van der Waals surface area contributed by atoms with Crippen molar-refractivity contribution >= 4 is 35.8 Å². The number of hydrogen-bond donors (Lipinski definition) is 1. The van der Waals surface area contributed by atoms with Crippen molar-refractivity contribution in [2.45, 2.75) is 11.9 Å². The molecule has 0 saturated heterocycles. The molecule has 0 bridgehead atoms. The van der Waals surface area contributed by atoms with Gasteiger partial charge in [0.05, 0.1) is 0 Å². The normalized spacial score (nSPS) is 11.9. The summed E-state index contributed by atoms with van der Waals surface area (Å²) in [6.45, 7) is 0. The van der Waals surface area contributed by atoms with Gasteiger partial charge in [-0.25, -0.2) is 0 Å². The molecule has 0 radical (unpaired) electrons. The Bertz CT molecular complexity index is 900. The van der Waals surface area contributed by atoms with Crippen LogP contribution in [0.2, 0.25) is 0 Å². The van der Waals surface area contributed by atoms with Crippen molar-refractivity contribution in [1.29, 1.82) is 0 Å². The molecule has 0 N–H and O–H groups in total. The van der Waals surface area contributed by atoms with E-state index in [4.69, 9.17) is 0 Å². The summed E-state index contributed by atoms with van der Waals surface area (Å²) in [5, 5.41) is 4.35. The second-order valence-corrected chi connectivity index (χ2v) is 11.4. The fourth-order valence-electron chi connectivity index (χ4n) is 4.04. The van der Waals surface area contributed by atoms with Crippen LogP contribution in [-0.4, -0.2) is 0 Å². The first kappa shape index (κ1) is 19.0. The molecule has 0 spiro atoms. The molecule has 4 aromatic carbocycles. The van der Waals surface area contributed by atoms with Gasteiger partial charge in [-0.15, -0.1) is 0 Å². The predicted octanol–water partition coefficient (Wildman–Crippen LogP) is 5.34. The van der Waals surface area contributed by atoms with Crippen LogP contribution in [0.15, 0.2) is 115 Å². The Labute approximate surface area is 174 Å². The Morgan fingerprint density at radius 3 is 1.18 bits per heavy atom. The van der Waals surface area contributed by atoms with E-state index in [1.54, 1.807) is 0 Å². The molecular weight excluding hydrogens is 375 g/mol. The van der Waals surface area contributed by atoms with E-state index in [9.17, 15) is 0 Å². The molecule has 0 heterocycles. The van der Waals surface area contributed by atoms with Crippen LogP contribution in [0.3, 0.4) is 0 Å². The van der Waals surface area contributed by atoms with E-state index in [0.717, 1.165) is 11.9 Å². The number of rotatable bonds is 6. The van der Waals surface area contributed by atoms with E-state index in [2.05, 4.69) is 128 Å². The average molecular weight is 401 g/mol. The second kappa shape index (κ2) is 8.78. The van der Waals surface area contributed by atoms with Crippen LogP contribution in [0.5, 0.6) is 0 Å². The number of benzene rings is 4. The molecule has 2 heteroatoms. The maximum absolute atomic E-state index is 4.41. The first-order valence-electron chi connectivity index (χ1n) is 9.68. The minimum atomic E-state index is -2.21. The minimum absolute atomic E-state index is 0.777. The van der Waals surface area contributed by atoms with E-state index in [-0.39, 0.29) is 0 Å². The summed E-state index contributed by atoms with van der Waals surface area (Å²) < 4.78 is 0. The fourth-order valence-corrected chi connectivity index (χ4v) is 9.00. The van der Waals surface area contributed by atoms with Crippen molar-refractivity contribution in [2.24, 2.45) is 0 Å². The van der Waals surface area contributed by atoms with E-state index < -0.39 is 7.26 Å². The molecule has 0 aliphatic heterocycles. The second-order valence-electron chi connectivity index (χ2n) is 7.15. The zero-order valence-electron chi connectivity index (χ0n) is 15.8. The summed E-state index contributed by atoms with van der Waals surface area (Å²) in [7, 11) is -2.21. The fraction of sp³-hybridized carbons (Fsp3) is 0.0769. The molecule has 0 unspecified atom stereocenters. The van der Waals surface area contributed by atoms with Crippen molar-refractivity contribution in [3.63, 3.8) is 0 Å². The molecule has 28 heavy (non-hydrogen) atoms. The van der Waals surface area contributed by atoms with E-state index in [0.29, 0.717) is 0 Å². The third-order valence-electron chi connectivity index (χ3n) is 5.47. The van der Waals surface area contributed by atoms with Gasteiger partial charge in [0.25, 0.3) is 0 Å². The van der Waals surface area contributed by atoms with Crippen molar-refractivity contribution in [3.05, 3.63) is 126 Å². The first-order chi connectivity index (χ1) is 13.8. The molecular formula is C26H25PS. The molecule has 0 aliphatic carbocycles. The van der Waals surface area contributed by atoms with Crippen LogP contribution < -0.4 is 15.9 Å². The van der Waals surface area contributed by atoms with Crippen molar-refractivity contribution in [1.82, 2.24) is 0 Å². The third-order valence-corrected chi connectivity index (χ3v) is 10.7. The Kier molecular flexibility index (Phi) is 5.95. The van der Waals surface area contributed by atoms with Gasteiger partial charge in [-0.2, -0.15) is 0 Å². The van der Waals surface area contributed by atoms with Gasteiger partial charge in [-0.1, -0.05) is 0 Å². The molecule has 140 valence electrons. The van der Waals surface area contributed by atoms with Crippen LogP contribution in [0, 0.1) is 0 Å². The van der Waals surface area contributed by atoms with Gasteiger partial charge in [0.2, 0.25) is 0 Å². The monoisotopic (exact) mass is 400 g/mol. The predicted molar refractivity (Wildman–Crippen MR) is 129 cm³/mol. The molecule has 0 fully saturated rings. The molecule has 0 atom stereocenters. The van der Waals surface area contributed by atoms with Crippen LogP contribution in [0.1, 0.15) is 11.1 Å². The van der Waals surface area contributed by atoms with Crippen molar-refractivity contribution < 1.29 is 0 Å². The van der Waals surface area contributed by atoms with Crippen LogP contribution in [0.25, 0.3) is 0 Å². The molecule has 4 aromatic rings. The first-order valence-corrected chi connectivity index (χ1v) is 12.5. The van der Waals surface area contributed by atoms with Crippen LogP contribution >= 0.6 is 19.9 Å². The van der Waals surface area contributed by atoms with Crippen molar-refractivity contribution in [2.75, 3.05) is 0 Å². The summed E-state index contributed by atoms with van der Waals surface area (Å²) in [5.41, 5.74) is 2.65. The van der Waals surface area contributed by atoms with Gasteiger partial charge in [0.15, 0.2) is 0 Å². The number of hydrogen-bond acceptors (Lipinski definition) is 1. The third kappa shape index (κ3) is 3.78. The maximum atomic E-state index is 4.41. The summed E-state index contributed by atoms with van der Waals surface area (Å²) in [6, 6.07) is 42.2. The van der Waals surface area contributed by atoms with Gasteiger partial charge in [-0.3, -0.25) is 0 Å². The van der Waals surface area contributed by atoms with Gasteiger partial charge in [-0.05, 0) is 0 Å². The van der Waals surface area contributed by atoms with Crippen molar-refractivity contribution in [3.8, 4) is 0 Å². The Morgan fingerprint density at radius 1 is 0.464 bits per heavy atom. The van der Waals surface area contributed by atoms with E-state index in [1.807, 2.05) is 0 Å². The number of thiol groups is 1. The molecule has 0 saturated carbocycles. The zero-order valence-corrected chi connectivity index (χ0v) is 17.7. The van der Waals surface area contributed by atoms with E-state index in [1.165, 1.54) is 27.0 Å². The Balaban J connectivity index is 1.95.